The summed E-state index contributed by atoms with van der Waals surface area (Å²) >= 11 is 6.75. The maximum atomic E-state index is 13.6. The number of phenolic OH excluding ortho intramolecular Hbond substituents is 1. The van der Waals surface area contributed by atoms with Gasteiger partial charge in [-0.3, -0.25) is 24.6 Å². The van der Waals surface area contributed by atoms with Crippen molar-refractivity contribution in [1.82, 2.24) is 25.3 Å². The van der Waals surface area contributed by atoms with Crippen LogP contribution < -0.4 is 40.1 Å². The zero-order valence-corrected chi connectivity index (χ0v) is 36.0. The van der Waals surface area contributed by atoms with Crippen LogP contribution in [0.4, 0.5) is 28.6 Å². The maximum Gasteiger partial charge on any atom is 0.249 e. The number of hydrogen-bond donors (Lipinski definition) is 3. The third-order valence-corrected chi connectivity index (χ3v) is 13.8. The smallest absolute Gasteiger partial charge is 0.249 e. The van der Waals surface area contributed by atoms with E-state index in [0.29, 0.717) is 67.7 Å². The molecular formula is C46H53ClN10O6. The molecule has 16 nitrogen and oxygen atoms in total. The van der Waals surface area contributed by atoms with E-state index in [0.717, 1.165) is 99.2 Å². The Morgan fingerprint density at radius 1 is 0.841 bits per heavy atom. The molecule has 10 rings (SSSR count). The number of amides is 3. The summed E-state index contributed by atoms with van der Waals surface area (Å²) in [6.45, 7) is 7.20. The number of aromatic nitrogens is 2. The van der Waals surface area contributed by atoms with Crippen LogP contribution in [0.5, 0.6) is 17.2 Å². The average molecular weight is 877 g/mol. The number of anilines is 5. The molecule has 1 aromatic heterocycles. The van der Waals surface area contributed by atoms with Crippen molar-refractivity contribution in [3.8, 4) is 28.5 Å². The first-order valence-corrected chi connectivity index (χ1v) is 22.6. The number of rotatable bonds is 9. The van der Waals surface area contributed by atoms with Crippen molar-refractivity contribution in [2.45, 2.75) is 62.8 Å². The summed E-state index contributed by atoms with van der Waals surface area (Å²) in [6.07, 6.45) is 4.35. The molecule has 0 aliphatic carbocycles. The summed E-state index contributed by atoms with van der Waals surface area (Å²) < 4.78 is 12.8. The summed E-state index contributed by atoms with van der Waals surface area (Å²) in [7, 11) is 0. The Morgan fingerprint density at radius 3 is 2.37 bits per heavy atom. The number of carbonyl (C=O) groups excluding carboxylic acids is 3. The van der Waals surface area contributed by atoms with Gasteiger partial charge in [-0.25, -0.2) is 0 Å². The minimum absolute atomic E-state index is 0.0252. The van der Waals surface area contributed by atoms with E-state index in [1.807, 2.05) is 47.4 Å². The fraction of sp³-hybridized carbons (Fsp3) is 0.457. The lowest BCUT2D eigenvalue weighted by Gasteiger charge is -2.43. The lowest BCUT2D eigenvalue weighted by molar-refractivity contribution is -0.135. The lowest BCUT2D eigenvalue weighted by atomic mass is 10.0. The molecule has 3 aromatic carbocycles. The van der Waals surface area contributed by atoms with Crippen LogP contribution in [0.1, 0.15) is 38.5 Å². The standard InChI is InChI=1S/C46H53ClN10O6/c47-29-22-32(57-30-8-9-31(57)27-55(26-30)40-25-36(50-51-45(40)48)35-4-1-2-7-41(35)58)24-34(23-29)63-33-12-14-54(15-13-33)43(60)28-52-16-18-53(19-17-52)37-5-3-6-38-44(37)62-21-20-56(38)39-10-11-42(59)49-46(39)61/h1-7,22-25,30-31,33,39,58H,8-21,26-28H2,(H2,48,51)(H,49,59,61)/t30-,31+,39-/m1/s1. The first-order chi connectivity index (χ1) is 30.6. The quantitative estimate of drug-likeness (QED) is 0.205. The third-order valence-electron chi connectivity index (χ3n) is 13.6. The maximum absolute atomic E-state index is 13.6. The molecule has 2 bridgehead atoms. The van der Waals surface area contributed by atoms with Crippen molar-refractivity contribution in [2.24, 2.45) is 0 Å². The van der Waals surface area contributed by atoms with Crippen molar-refractivity contribution in [3.05, 3.63) is 71.8 Å². The zero-order chi connectivity index (χ0) is 43.2. The Morgan fingerprint density at radius 2 is 1.60 bits per heavy atom. The van der Waals surface area contributed by atoms with Crippen LogP contribution in [0.2, 0.25) is 5.02 Å². The van der Waals surface area contributed by atoms with Crippen molar-refractivity contribution < 1.29 is 29.0 Å². The number of aromatic hydroxyl groups is 1. The fourth-order valence-electron chi connectivity index (χ4n) is 10.4. The zero-order valence-electron chi connectivity index (χ0n) is 35.2. The van der Waals surface area contributed by atoms with E-state index in [2.05, 4.69) is 52.1 Å². The summed E-state index contributed by atoms with van der Waals surface area (Å²) in [5, 5.41) is 22.1. The molecule has 3 atom stereocenters. The van der Waals surface area contributed by atoms with Crippen LogP contribution in [0, 0.1) is 0 Å². The Hall–Kier alpha value is -6.00. The Bertz CT molecular complexity index is 2380. The van der Waals surface area contributed by atoms with E-state index in [4.69, 9.17) is 26.8 Å². The molecule has 330 valence electrons. The summed E-state index contributed by atoms with van der Waals surface area (Å²) in [6, 6.07) is 21.2. The molecule has 0 radical (unpaired) electrons. The van der Waals surface area contributed by atoms with Crippen LogP contribution in [0.25, 0.3) is 11.3 Å². The largest absolute Gasteiger partial charge is 0.507 e. The minimum Gasteiger partial charge on any atom is -0.507 e. The molecule has 5 fully saturated rings. The molecule has 63 heavy (non-hydrogen) atoms. The second-order valence-electron chi connectivity index (χ2n) is 17.5. The molecule has 17 heteroatoms. The van der Waals surface area contributed by atoms with Crippen molar-refractivity contribution in [1.29, 1.82) is 0 Å². The summed E-state index contributed by atoms with van der Waals surface area (Å²) in [5.41, 5.74) is 11.3. The van der Waals surface area contributed by atoms with E-state index in [1.165, 1.54) is 0 Å². The Kier molecular flexibility index (Phi) is 11.3. The van der Waals surface area contributed by atoms with E-state index < -0.39 is 6.04 Å². The highest BCUT2D eigenvalue weighted by Gasteiger charge is 2.41. The highest BCUT2D eigenvalue weighted by atomic mass is 35.5. The number of hydrogen-bond acceptors (Lipinski definition) is 14. The molecular weight excluding hydrogens is 824 g/mol. The van der Waals surface area contributed by atoms with Gasteiger partial charge in [-0.1, -0.05) is 29.8 Å². The SMILES string of the molecule is Nc1nnc(-c2ccccc2O)cc1N1C[C@H]2CC[C@@H](C1)N2c1cc(Cl)cc(OC2CCN(C(=O)CN3CCN(c4cccc5c4OCCN5[C@@H]4CCC(=O)NC4=O)CC3)CC2)c1. The van der Waals surface area contributed by atoms with Gasteiger partial charge in [0.2, 0.25) is 17.7 Å². The van der Waals surface area contributed by atoms with E-state index in [-0.39, 0.29) is 41.7 Å². The molecule has 4 aromatic rings. The first kappa shape index (κ1) is 41.0. The van der Waals surface area contributed by atoms with Crippen LogP contribution >= 0.6 is 11.6 Å². The Balaban J connectivity index is 0.714. The molecule has 6 aliphatic heterocycles. The number of piperidine rings is 2. The van der Waals surface area contributed by atoms with Crippen LogP contribution in [0.3, 0.4) is 0 Å². The second-order valence-corrected chi connectivity index (χ2v) is 17.9. The monoisotopic (exact) mass is 876 g/mol. The van der Waals surface area contributed by atoms with Crippen molar-refractivity contribution in [2.75, 3.05) is 97.4 Å². The number of phenols is 1. The van der Waals surface area contributed by atoms with E-state index >= 15 is 0 Å². The number of likely N-dealkylation sites (tertiary alicyclic amines) is 1. The van der Waals surface area contributed by atoms with Crippen molar-refractivity contribution in [3.63, 3.8) is 0 Å². The van der Waals surface area contributed by atoms with Crippen LogP contribution in [-0.4, -0.2) is 139 Å². The lowest BCUT2D eigenvalue weighted by Crippen LogP contribution is -2.54. The van der Waals surface area contributed by atoms with E-state index in [1.54, 1.807) is 12.1 Å². The van der Waals surface area contributed by atoms with Crippen LogP contribution in [0.15, 0.2) is 66.7 Å². The molecule has 3 amide bonds. The molecule has 5 saturated heterocycles. The van der Waals surface area contributed by atoms with E-state index in [9.17, 15) is 19.5 Å². The second kappa shape index (κ2) is 17.3. The molecule has 6 aliphatic rings. The number of nitrogens with zero attached hydrogens (tertiary/aromatic N) is 8. The number of halogens is 1. The van der Waals surface area contributed by atoms with Crippen LogP contribution in [-0.2, 0) is 14.4 Å². The van der Waals surface area contributed by atoms with Crippen molar-refractivity contribution >= 4 is 57.9 Å². The first-order valence-electron chi connectivity index (χ1n) is 22.2. The summed E-state index contributed by atoms with van der Waals surface area (Å²) in [4.78, 5) is 51.4. The van der Waals surface area contributed by atoms with Gasteiger partial charge in [-0.2, -0.15) is 0 Å². The number of nitrogen functional groups attached to an aromatic ring is 1. The normalized spacial score (nSPS) is 23.1. The highest BCUT2D eigenvalue weighted by molar-refractivity contribution is 6.31. The van der Waals surface area contributed by atoms with Gasteiger partial charge < -0.3 is 44.8 Å². The van der Waals surface area contributed by atoms with Gasteiger partial charge in [0, 0.05) is 106 Å². The number of para-hydroxylation sites is 2. The average Bonchev–Trinajstić information content (AvgIpc) is 3.55. The number of benzene rings is 3. The molecule has 4 N–H and O–H groups in total. The topological polar surface area (TPSA) is 173 Å². The third kappa shape index (κ3) is 8.33. The fourth-order valence-corrected chi connectivity index (χ4v) is 10.6. The number of fused-ring (bicyclic) bond motifs is 3. The van der Waals surface area contributed by atoms with Gasteiger partial charge in [0.05, 0.1) is 35.8 Å². The number of carbonyl (C=O) groups is 3. The van der Waals surface area contributed by atoms with Gasteiger partial charge in [-0.05, 0) is 61.7 Å². The molecule has 7 heterocycles. The minimum atomic E-state index is -0.398. The number of nitrogens with one attached hydrogen (secondary N) is 1. The van der Waals surface area contributed by atoms with Gasteiger partial charge in [0.15, 0.2) is 11.6 Å². The molecule has 0 spiro atoms. The Labute approximate surface area is 371 Å². The van der Waals surface area contributed by atoms with Gasteiger partial charge >= 0.3 is 0 Å². The predicted octanol–water partition coefficient (Wildman–Crippen LogP) is 4.14. The highest BCUT2D eigenvalue weighted by Crippen LogP contribution is 2.43. The number of nitrogens with two attached hydrogens (primary N) is 1. The van der Waals surface area contributed by atoms with Gasteiger partial charge in [0.1, 0.15) is 30.3 Å². The predicted molar refractivity (Wildman–Crippen MR) is 241 cm³/mol. The summed E-state index contributed by atoms with van der Waals surface area (Å²) in [5.74, 6) is 1.70. The van der Waals surface area contributed by atoms with Gasteiger partial charge in [0.25, 0.3) is 0 Å². The molecule has 0 saturated carbocycles. The number of ether oxygens (including phenoxy) is 2. The number of piperazine rings is 2. The van der Waals surface area contributed by atoms with Gasteiger partial charge in [-0.15, -0.1) is 10.2 Å². The number of imide groups is 1. The molecule has 0 unspecified atom stereocenters.